The van der Waals surface area contributed by atoms with E-state index in [1.165, 1.54) is 6.39 Å². The normalized spacial score (nSPS) is 12.1. The number of hydrogen-bond acceptors (Lipinski definition) is 4. The third-order valence-electron chi connectivity index (χ3n) is 2.69. The molecule has 0 fully saturated rings. The summed E-state index contributed by atoms with van der Waals surface area (Å²) in [7, 11) is 0. The van der Waals surface area contributed by atoms with E-state index >= 15 is 0 Å². The van der Waals surface area contributed by atoms with Crippen LogP contribution in [0.5, 0.6) is 0 Å². The monoisotopic (exact) mass is 259 g/mol. The molecule has 1 aromatic heterocycles. The zero-order chi connectivity index (χ0) is 13.7. The Morgan fingerprint density at radius 3 is 3.05 bits per heavy atom. The quantitative estimate of drug-likeness (QED) is 0.864. The second-order valence-corrected chi connectivity index (χ2v) is 4.51. The van der Waals surface area contributed by atoms with Gasteiger partial charge in [0.2, 0.25) is 5.91 Å². The van der Waals surface area contributed by atoms with Gasteiger partial charge in [0.25, 0.3) is 0 Å². The fourth-order valence-corrected chi connectivity index (χ4v) is 1.69. The average Bonchev–Trinajstić information content (AvgIpc) is 2.90. The van der Waals surface area contributed by atoms with E-state index in [2.05, 4.69) is 10.3 Å². The van der Waals surface area contributed by atoms with Crippen molar-refractivity contribution in [1.29, 1.82) is 0 Å². The smallest absolute Gasteiger partial charge is 0.224 e. The van der Waals surface area contributed by atoms with Crippen LogP contribution < -0.4 is 11.1 Å². The molecule has 0 aliphatic carbocycles. The Hall–Kier alpha value is -2.14. The van der Waals surface area contributed by atoms with Crippen LogP contribution in [-0.4, -0.2) is 16.9 Å². The van der Waals surface area contributed by atoms with Crippen molar-refractivity contribution in [2.75, 3.05) is 5.32 Å². The highest BCUT2D eigenvalue weighted by Crippen LogP contribution is 2.22. The molecule has 1 atom stereocenters. The summed E-state index contributed by atoms with van der Waals surface area (Å²) in [5.74, 6) is 0.638. The van der Waals surface area contributed by atoms with Gasteiger partial charge in [-0.1, -0.05) is 12.1 Å². The van der Waals surface area contributed by atoms with Crippen LogP contribution in [0.25, 0.3) is 11.3 Å². The predicted octanol–water partition coefficient (Wildman–Crippen LogP) is 2.41. The number of amides is 1. The van der Waals surface area contributed by atoms with Crippen LogP contribution in [-0.2, 0) is 4.79 Å². The Balaban J connectivity index is 2.01. The van der Waals surface area contributed by atoms with E-state index in [9.17, 15) is 4.79 Å². The maximum atomic E-state index is 11.7. The van der Waals surface area contributed by atoms with E-state index in [-0.39, 0.29) is 11.9 Å². The van der Waals surface area contributed by atoms with Gasteiger partial charge in [0.1, 0.15) is 0 Å². The molecule has 1 heterocycles. The van der Waals surface area contributed by atoms with Crippen molar-refractivity contribution in [3.05, 3.63) is 36.9 Å². The van der Waals surface area contributed by atoms with Crippen LogP contribution in [0.3, 0.4) is 0 Å². The summed E-state index contributed by atoms with van der Waals surface area (Å²) in [6, 6.07) is 7.48. The lowest BCUT2D eigenvalue weighted by molar-refractivity contribution is -0.116. The van der Waals surface area contributed by atoms with Gasteiger partial charge < -0.3 is 15.5 Å². The van der Waals surface area contributed by atoms with E-state index in [0.29, 0.717) is 18.6 Å². The lowest BCUT2D eigenvalue weighted by Crippen LogP contribution is -2.19. The Labute approximate surface area is 111 Å². The highest BCUT2D eigenvalue weighted by molar-refractivity contribution is 5.91. The van der Waals surface area contributed by atoms with Crippen LogP contribution in [0, 0.1) is 0 Å². The zero-order valence-electron chi connectivity index (χ0n) is 10.8. The number of anilines is 1. The predicted molar refractivity (Wildman–Crippen MR) is 73.5 cm³/mol. The van der Waals surface area contributed by atoms with Gasteiger partial charge in [-0.05, 0) is 25.5 Å². The Morgan fingerprint density at radius 2 is 2.37 bits per heavy atom. The third kappa shape index (κ3) is 3.93. The highest BCUT2D eigenvalue weighted by atomic mass is 16.3. The Morgan fingerprint density at radius 1 is 1.53 bits per heavy atom. The number of carbonyl (C=O) groups excluding carboxylic acids is 1. The summed E-state index contributed by atoms with van der Waals surface area (Å²) < 4.78 is 5.22. The van der Waals surface area contributed by atoms with Crippen LogP contribution in [0.4, 0.5) is 5.69 Å². The zero-order valence-corrected chi connectivity index (χ0v) is 10.8. The molecule has 0 saturated heterocycles. The molecule has 5 nitrogen and oxygen atoms in total. The molecular weight excluding hydrogens is 242 g/mol. The number of rotatable bonds is 5. The molecule has 0 saturated carbocycles. The third-order valence-corrected chi connectivity index (χ3v) is 2.69. The van der Waals surface area contributed by atoms with Gasteiger partial charge in [0.05, 0.1) is 6.20 Å². The van der Waals surface area contributed by atoms with Crippen LogP contribution in [0.1, 0.15) is 19.8 Å². The maximum Gasteiger partial charge on any atom is 0.224 e. The first-order valence-electron chi connectivity index (χ1n) is 6.19. The number of nitrogens with zero attached hydrogens (tertiary/aromatic N) is 1. The minimum absolute atomic E-state index is 0.0336. The summed E-state index contributed by atoms with van der Waals surface area (Å²) in [4.78, 5) is 15.6. The van der Waals surface area contributed by atoms with Crippen molar-refractivity contribution in [2.45, 2.75) is 25.8 Å². The summed E-state index contributed by atoms with van der Waals surface area (Å²) in [6.45, 7) is 1.89. The topological polar surface area (TPSA) is 81.2 Å². The maximum absolute atomic E-state index is 11.7. The van der Waals surface area contributed by atoms with Crippen molar-refractivity contribution in [3.63, 3.8) is 0 Å². The van der Waals surface area contributed by atoms with Crippen LogP contribution >= 0.6 is 0 Å². The number of aromatic nitrogens is 1. The summed E-state index contributed by atoms with van der Waals surface area (Å²) in [5.41, 5.74) is 7.24. The van der Waals surface area contributed by atoms with Crippen molar-refractivity contribution < 1.29 is 9.21 Å². The molecule has 0 radical (unpaired) electrons. The van der Waals surface area contributed by atoms with Crippen molar-refractivity contribution in [3.8, 4) is 11.3 Å². The molecule has 0 aliphatic heterocycles. The van der Waals surface area contributed by atoms with Gasteiger partial charge in [0.15, 0.2) is 12.2 Å². The lowest BCUT2D eigenvalue weighted by Gasteiger charge is -2.07. The molecule has 3 N–H and O–H groups in total. The van der Waals surface area contributed by atoms with Gasteiger partial charge in [-0.25, -0.2) is 4.98 Å². The number of oxazole rings is 1. The van der Waals surface area contributed by atoms with E-state index < -0.39 is 0 Å². The second-order valence-electron chi connectivity index (χ2n) is 4.51. The number of benzene rings is 1. The minimum atomic E-state index is -0.0352. The molecule has 0 aliphatic rings. The molecule has 5 heteroatoms. The first-order chi connectivity index (χ1) is 9.15. The first-order valence-corrected chi connectivity index (χ1v) is 6.19. The molecule has 100 valence electrons. The Bertz CT molecular complexity index is 535. The van der Waals surface area contributed by atoms with Crippen LogP contribution in [0.15, 0.2) is 41.3 Å². The number of nitrogens with two attached hydrogens (primary N) is 1. The SMILES string of the molecule is CC(N)CCC(=O)Nc1cccc(-c2cnco2)c1. The van der Waals surface area contributed by atoms with E-state index in [0.717, 1.165) is 11.3 Å². The summed E-state index contributed by atoms with van der Waals surface area (Å²) >= 11 is 0. The summed E-state index contributed by atoms with van der Waals surface area (Å²) in [5, 5.41) is 2.84. The van der Waals surface area contributed by atoms with Gasteiger partial charge in [-0.2, -0.15) is 0 Å². The summed E-state index contributed by atoms with van der Waals surface area (Å²) in [6.07, 6.45) is 4.11. The van der Waals surface area contributed by atoms with E-state index in [1.54, 1.807) is 6.20 Å². The molecule has 1 unspecified atom stereocenters. The second kappa shape index (κ2) is 6.15. The molecule has 1 amide bonds. The van der Waals surface area contributed by atoms with Gasteiger partial charge in [-0.15, -0.1) is 0 Å². The fraction of sp³-hybridized carbons (Fsp3) is 0.286. The van der Waals surface area contributed by atoms with E-state index in [1.807, 2.05) is 31.2 Å². The minimum Gasteiger partial charge on any atom is -0.444 e. The van der Waals surface area contributed by atoms with Gasteiger partial charge >= 0.3 is 0 Å². The molecular formula is C14H17N3O2. The number of carbonyl (C=O) groups is 1. The highest BCUT2D eigenvalue weighted by Gasteiger charge is 2.06. The van der Waals surface area contributed by atoms with Crippen LogP contribution in [0.2, 0.25) is 0 Å². The first kappa shape index (κ1) is 13.3. The molecule has 2 rings (SSSR count). The molecule has 2 aromatic rings. The standard InChI is InChI=1S/C14H17N3O2/c1-10(15)5-6-14(18)17-12-4-2-3-11(7-12)13-8-16-9-19-13/h2-4,7-10H,5-6,15H2,1H3,(H,17,18). The average molecular weight is 259 g/mol. The lowest BCUT2D eigenvalue weighted by atomic mass is 10.1. The molecule has 19 heavy (non-hydrogen) atoms. The van der Waals surface area contributed by atoms with Crippen molar-refractivity contribution in [1.82, 2.24) is 4.98 Å². The number of hydrogen-bond donors (Lipinski definition) is 2. The fourth-order valence-electron chi connectivity index (χ4n) is 1.69. The molecule has 1 aromatic carbocycles. The molecule has 0 spiro atoms. The van der Waals surface area contributed by atoms with Crippen molar-refractivity contribution >= 4 is 11.6 Å². The van der Waals surface area contributed by atoms with Gasteiger partial charge in [-0.3, -0.25) is 4.79 Å². The largest absolute Gasteiger partial charge is 0.444 e. The van der Waals surface area contributed by atoms with Gasteiger partial charge in [0, 0.05) is 23.7 Å². The van der Waals surface area contributed by atoms with E-state index in [4.69, 9.17) is 10.2 Å². The van der Waals surface area contributed by atoms with Crippen molar-refractivity contribution in [2.24, 2.45) is 5.73 Å². The Kier molecular flexibility index (Phi) is 4.30. The molecule has 0 bridgehead atoms. The number of nitrogens with one attached hydrogen (secondary N) is 1.